The zero-order valence-corrected chi connectivity index (χ0v) is 20.1. The minimum atomic E-state index is -3.84. The maximum atomic E-state index is 13.5. The Kier molecular flexibility index (Phi) is 6.20. The Morgan fingerprint density at radius 3 is 2.48 bits per heavy atom. The predicted octanol–water partition coefficient (Wildman–Crippen LogP) is 3.29. The number of hydrogen-bond acceptors (Lipinski definition) is 5. The summed E-state index contributed by atoms with van der Waals surface area (Å²) in [5.74, 6) is -0.558. The van der Waals surface area contributed by atoms with Gasteiger partial charge in [-0.3, -0.25) is 9.59 Å². The number of piperidine rings is 1. The molecule has 0 spiro atoms. The van der Waals surface area contributed by atoms with E-state index >= 15 is 0 Å². The van der Waals surface area contributed by atoms with E-state index in [-0.39, 0.29) is 29.9 Å². The summed E-state index contributed by atoms with van der Waals surface area (Å²) in [6.45, 7) is 7.92. The molecule has 8 nitrogen and oxygen atoms in total. The van der Waals surface area contributed by atoms with E-state index in [1.807, 2.05) is 32.9 Å². The minimum Gasteiger partial charge on any atom is -0.482 e. The van der Waals surface area contributed by atoms with Crippen molar-refractivity contribution in [3.8, 4) is 5.75 Å². The molecule has 2 aromatic carbocycles. The normalized spacial score (nSPS) is 18.8. The molecule has 2 aliphatic rings. The number of carbonyl (C=O) groups is 2. The van der Waals surface area contributed by atoms with Gasteiger partial charge in [0.25, 0.3) is 5.91 Å². The van der Waals surface area contributed by atoms with E-state index in [0.717, 1.165) is 22.4 Å². The number of ether oxygens (including phenoxy) is 1. The van der Waals surface area contributed by atoms with Crippen molar-refractivity contribution in [1.82, 2.24) is 4.31 Å². The molecule has 2 amide bonds. The summed E-state index contributed by atoms with van der Waals surface area (Å²) in [5, 5.41) is 5.71. The summed E-state index contributed by atoms with van der Waals surface area (Å²) in [7, 11) is -3.84. The van der Waals surface area contributed by atoms with E-state index in [4.69, 9.17) is 4.74 Å². The fourth-order valence-electron chi connectivity index (χ4n) is 4.61. The van der Waals surface area contributed by atoms with Gasteiger partial charge in [-0.25, -0.2) is 8.42 Å². The van der Waals surface area contributed by atoms with Crippen LogP contribution < -0.4 is 15.4 Å². The number of rotatable bonds is 4. The number of carbonyl (C=O) groups excluding carboxylic acids is 2. The maximum absolute atomic E-state index is 13.5. The Labute approximate surface area is 194 Å². The molecule has 9 heteroatoms. The molecule has 2 aromatic rings. The first-order valence-electron chi connectivity index (χ1n) is 11.0. The first kappa shape index (κ1) is 23.3. The van der Waals surface area contributed by atoms with E-state index in [0.29, 0.717) is 36.4 Å². The molecule has 4 rings (SSSR count). The number of nitrogens with zero attached hydrogens (tertiary/aromatic N) is 1. The molecule has 0 aliphatic carbocycles. The molecule has 2 aliphatic heterocycles. The largest absolute Gasteiger partial charge is 0.482 e. The van der Waals surface area contributed by atoms with Gasteiger partial charge < -0.3 is 15.4 Å². The fraction of sp³-hybridized carbons (Fsp3) is 0.417. The summed E-state index contributed by atoms with van der Waals surface area (Å²) < 4.78 is 33.8. The first-order chi connectivity index (χ1) is 15.6. The Morgan fingerprint density at radius 1 is 1.09 bits per heavy atom. The number of fused-ring (bicyclic) bond motifs is 1. The SMILES string of the molecule is Cc1cc(C)c(NC(=O)[C@H]2CCCN(S(=O)(=O)c3cc4c(cc3C)NC(=O)CO4)C2)c(C)c1. The lowest BCUT2D eigenvalue weighted by molar-refractivity contribution is -0.121. The lowest BCUT2D eigenvalue weighted by Gasteiger charge is -2.32. The summed E-state index contributed by atoms with van der Waals surface area (Å²) in [4.78, 5) is 24.7. The number of hydrogen-bond donors (Lipinski definition) is 2. The maximum Gasteiger partial charge on any atom is 0.262 e. The summed E-state index contributed by atoms with van der Waals surface area (Å²) in [6, 6.07) is 7.10. The Balaban J connectivity index is 1.55. The van der Waals surface area contributed by atoms with Gasteiger partial charge in [0.05, 0.1) is 16.5 Å². The second-order valence-corrected chi connectivity index (χ2v) is 10.8. The number of aryl methyl sites for hydroxylation is 4. The van der Waals surface area contributed by atoms with Gasteiger partial charge in [-0.1, -0.05) is 17.7 Å². The van der Waals surface area contributed by atoms with Crippen LogP contribution in [-0.4, -0.2) is 44.2 Å². The molecular weight excluding hydrogens is 442 g/mol. The lowest BCUT2D eigenvalue weighted by Crippen LogP contribution is -2.44. The van der Waals surface area contributed by atoms with Crippen LogP contribution in [0, 0.1) is 33.6 Å². The molecule has 0 aromatic heterocycles. The van der Waals surface area contributed by atoms with Crippen molar-refractivity contribution in [1.29, 1.82) is 0 Å². The van der Waals surface area contributed by atoms with Gasteiger partial charge in [0.2, 0.25) is 15.9 Å². The van der Waals surface area contributed by atoms with Crippen molar-refractivity contribution >= 4 is 33.2 Å². The van der Waals surface area contributed by atoms with Gasteiger partial charge in [0.15, 0.2) is 6.61 Å². The van der Waals surface area contributed by atoms with Crippen LogP contribution in [-0.2, 0) is 19.6 Å². The lowest BCUT2D eigenvalue weighted by atomic mass is 9.98. The number of amides is 2. The van der Waals surface area contributed by atoms with Crippen molar-refractivity contribution in [2.75, 3.05) is 30.3 Å². The van der Waals surface area contributed by atoms with Crippen LogP contribution in [0.2, 0.25) is 0 Å². The zero-order valence-electron chi connectivity index (χ0n) is 19.3. The molecule has 1 atom stereocenters. The van der Waals surface area contributed by atoms with Crippen molar-refractivity contribution in [2.45, 2.75) is 45.4 Å². The Hall–Kier alpha value is -2.91. The highest BCUT2D eigenvalue weighted by molar-refractivity contribution is 7.89. The van der Waals surface area contributed by atoms with E-state index in [2.05, 4.69) is 10.6 Å². The molecule has 1 saturated heterocycles. The smallest absolute Gasteiger partial charge is 0.262 e. The molecule has 33 heavy (non-hydrogen) atoms. The average Bonchev–Trinajstić information content (AvgIpc) is 2.75. The molecule has 0 saturated carbocycles. The standard InChI is InChI=1S/C24H29N3O5S/c1-14-8-16(3)23(17(4)9-14)26-24(29)18-6-5-7-27(12-18)33(30,31)21-11-20-19(10-15(21)2)25-22(28)13-32-20/h8-11,18H,5-7,12-13H2,1-4H3,(H,25,28)(H,26,29)/t18-/m0/s1. The van der Waals surface area contributed by atoms with Crippen LogP contribution in [0.25, 0.3) is 0 Å². The van der Waals surface area contributed by atoms with Gasteiger partial charge in [0, 0.05) is 24.8 Å². The summed E-state index contributed by atoms with van der Waals surface area (Å²) in [5.41, 5.74) is 4.85. The highest BCUT2D eigenvalue weighted by atomic mass is 32.2. The second-order valence-electron chi connectivity index (χ2n) is 8.92. The van der Waals surface area contributed by atoms with E-state index in [1.165, 1.54) is 10.4 Å². The number of sulfonamides is 1. The third-order valence-corrected chi connectivity index (χ3v) is 8.22. The van der Waals surface area contributed by atoms with Crippen LogP contribution in [0.3, 0.4) is 0 Å². The summed E-state index contributed by atoms with van der Waals surface area (Å²) >= 11 is 0. The number of anilines is 2. The molecule has 0 bridgehead atoms. The van der Waals surface area contributed by atoms with Gasteiger partial charge >= 0.3 is 0 Å². The third-order valence-electron chi connectivity index (χ3n) is 6.21. The molecule has 176 valence electrons. The quantitative estimate of drug-likeness (QED) is 0.712. The monoisotopic (exact) mass is 471 g/mol. The van der Waals surface area contributed by atoms with Gasteiger partial charge in [-0.05, 0) is 63.3 Å². The minimum absolute atomic E-state index is 0.117. The molecule has 1 fully saturated rings. The molecule has 0 unspecified atom stereocenters. The molecule has 2 heterocycles. The first-order valence-corrected chi connectivity index (χ1v) is 12.5. The number of nitrogens with one attached hydrogen (secondary N) is 2. The molecule has 0 radical (unpaired) electrons. The Bertz CT molecular complexity index is 1220. The zero-order chi connectivity index (χ0) is 23.9. The van der Waals surface area contributed by atoms with Crippen molar-refractivity contribution in [3.05, 3.63) is 46.5 Å². The molecular formula is C24H29N3O5S. The van der Waals surface area contributed by atoms with Crippen LogP contribution >= 0.6 is 0 Å². The fourth-order valence-corrected chi connectivity index (χ4v) is 6.36. The van der Waals surface area contributed by atoms with E-state index < -0.39 is 15.9 Å². The van der Waals surface area contributed by atoms with Crippen molar-refractivity contribution in [2.24, 2.45) is 5.92 Å². The average molecular weight is 472 g/mol. The van der Waals surface area contributed by atoms with Gasteiger partial charge in [-0.2, -0.15) is 4.31 Å². The van der Waals surface area contributed by atoms with Crippen LogP contribution in [0.4, 0.5) is 11.4 Å². The van der Waals surface area contributed by atoms with E-state index in [9.17, 15) is 18.0 Å². The van der Waals surface area contributed by atoms with Crippen molar-refractivity contribution in [3.63, 3.8) is 0 Å². The van der Waals surface area contributed by atoms with Crippen LogP contribution in [0.15, 0.2) is 29.2 Å². The molecule has 2 N–H and O–H groups in total. The van der Waals surface area contributed by atoms with Gasteiger partial charge in [0.1, 0.15) is 5.75 Å². The second kappa shape index (κ2) is 8.79. The van der Waals surface area contributed by atoms with E-state index in [1.54, 1.807) is 13.0 Å². The Morgan fingerprint density at radius 2 is 1.79 bits per heavy atom. The number of benzene rings is 2. The van der Waals surface area contributed by atoms with Crippen molar-refractivity contribution < 1.29 is 22.7 Å². The highest BCUT2D eigenvalue weighted by Gasteiger charge is 2.35. The van der Waals surface area contributed by atoms with Crippen LogP contribution in [0.5, 0.6) is 5.75 Å². The predicted molar refractivity (Wildman–Crippen MR) is 126 cm³/mol. The third kappa shape index (κ3) is 4.60. The highest BCUT2D eigenvalue weighted by Crippen LogP contribution is 2.35. The topological polar surface area (TPSA) is 105 Å². The van der Waals surface area contributed by atoms with Gasteiger partial charge in [-0.15, -0.1) is 0 Å². The summed E-state index contributed by atoms with van der Waals surface area (Å²) in [6.07, 6.45) is 1.22. The van der Waals surface area contributed by atoms with Crippen LogP contribution in [0.1, 0.15) is 35.1 Å².